The third kappa shape index (κ3) is 7.38. The van der Waals surface area contributed by atoms with Crippen LogP contribution in [-0.4, -0.2) is 12.4 Å². The fourth-order valence-corrected chi connectivity index (χ4v) is 2.62. The van der Waals surface area contributed by atoms with Gasteiger partial charge in [-0.25, -0.2) is 0 Å². The summed E-state index contributed by atoms with van der Waals surface area (Å²) in [6.07, 6.45) is 11.0. The summed E-state index contributed by atoms with van der Waals surface area (Å²) in [7, 11) is 0. The van der Waals surface area contributed by atoms with Crippen molar-refractivity contribution in [1.29, 1.82) is 0 Å². The van der Waals surface area contributed by atoms with Crippen molar-refractivity contribution < 1.29 is 9.53 Å². The van der Waals surface area contributed by atoms with Crippen molar-refractivity contribution in [1.82, 2.24) is 0 Å². The van der Waals surface area contributed by atoms with Crippen molar-refractivity contribution in [2.45, 2.75) is 45.4 Å². The summed E-state index contributed by atoms with van der Waals surface area (Å²) in [5, 5.41) is 0. The van der Waals surface area contributed by atoms with Gasteiger partial charge in [0.2, 0.25) is 0 Å². The first-order valence-corrected chi connectivity index (χ1v) is 9.30. The van der Waals surface area contributed by atoms with Crippen molar-refractivity contribution in [2.75, 3.05) is 6.61 Å². The lowest BCUT2D eigenvalue weighted by molar-refractivity contribution is 0.104. The summed E-state index contributed by atoms with van der Waals surface area (Å²) in [5.41, 5.74) is 1.70. The lowest BCUT2D eigenvalue weighted by Gasteiger charge is -2.06. The molecule has 132 valence electrons. The molecule has 0 heterocycles. The highest BCUT2D eigenvalue weighted by Gasteiger charge is 2.02. The van der Waals surface area contributed by atoms with Gasteiger partial charge in [0.1, 0.15) is 5.75 Å². The van der Waals surface area contributed by atoms with Gasteiger partial charge in [0.05, 0.1) is 6.61 Å². The first-order valence-electron chi connectivity index (χ1n) is 9.30. The highest BCUT2D eigenvalue weighted by atomic mass is 16.5. The highest BCUT2D eigenvalue weighted by molar-refractivity contribution is 6.06. The van der Waals surface area contributed by atoms with E-state index in [0.717, 1.165) is 24.3 Å². The largest absolute Gasteiger partial charge is 0.494 e. The second kappa shape index (κ2) is 11.2. The van der Waals surface area contributed by atoms with Gasteiger partial charge in [0, 0.05) is 5.56 Å². The van der Waals surface area contributed by atoms with Crippen molar-refractivity contribution >= 4 is 11.9 Å². The molecule has 2 nitrogen and oxygen atoms in total. The van der Waals surface area contributed by atoms with Gasteiger partial charge in [-0.2, -0.15) is 0 Å². The molecule has 2 aromatic rings. The molecular weight excluding hydrogens is 308 g/mol. The Morgan fingerprint density at radius 1 is 0.880 bits per heavy atom. The molecule has 2 rings (SSSR count). The third-order valence-electron chi connectivity index (χ3n) is 4.13. The van der Waals surface area contributed by atoms with Crippen molar-refractivity contribution in [3.63, 3.8) is 0 Å². The number of carbonyl (C=O) groups is 1. The van der Waals surface area contributed by atoms with Gasteiger partial charge in [0.25, 0.3) is 0 Å². The van der Waals surface area contributed by atoms with Crippen LogP contribution in [0.2, 0.25) is 0 Å². The Balaban J connectivity index is 1.73. The fourth-order valence-electron chi connectivity index (χ4n) is 2.62. The SMILES string of the molecule is CCCCCCCCOc1ccc(C(=O)/C=C/c2ccccc2)cc1. The molecule has 0 unspecified atom stereocenters. The zero-order valence-corrected chi connectivity index (χ0v) is 15.1. The molecule has 0 atom stereocenters. The van der Waals surface area contributed by atoms with Gasteiger partial charge in [-0.3, -0.25) is 4.79 Å². The molecular formula is C23H28O2. The lowest BCUT2D eigenvalue weighted by atomic mass is 10.1. The Morgan fingerprint density at radius 2 is 1.56 bits per heavy atom. The topological polar surface area (TPSA) is 26.3 Å². The highest BCUT2D eigenvalue weighted by Crippen LogP contribution is 2.14. The molecule has 0 radical (unpaired) electrons. The van der Waals surface area contributed by atoms with E-state index >= 15 is 0 Å². The summed E-state index contributed by atoms with van der Waals surface area (Å²) < 4.78 is 5.75. The Labute approximate surface area is 151 Å². The minimum atomic E-state index is 0.00586. The van der Waals surface area contributed by atoms with Crippen molar-refractivity contribution in [3.05, 3.63) is 71.8 Å². The van der Waals surface area contributed by atoms with Crippen LogP contribution in [0, 0.1) is 0 Å². The molecule has 0 aromatic heterocycles. The number of ketones is 1. The molecule has 0 aliphatic carbocycles. The van der Waals surface area contributed by atoms with Gasteiger partial charge in [-0.1, -0.05) is 75.4 Å². The van der Waals surface area contributed by atoms with Gasteiger partial charge < -0.3 is 4.74 Å². The molecule has 0 saturated carbocycles. The maximum absolute atomic E-state index is 12.2. The maximum Gasteiger partial charge on any atom is 0.185 e. The van der Waals surface area contributed by atoms with Crippen LogP contribution >= 0.6 is 0 Å². The second-order valence-electron chi connectivity index (χ2n) is 6.25. The van der Waals surface area contributed by atoms with E-state index in [-0.39, 0.29) is 5.78 Å². The smallest absolute Gasteiger partial charge is 0.185 e. The van der Waals surface area contributed by atoms with Gasteiger partial charge in [-0.15, -0.1) is 0 Å². The van der Waals surface area contributed by atoms with E-state index in [0.29, 0.717) is 5.56 Å². The Kier molecular flexibility index (Phi) is 8.54. The quantitative estimate of drug-likeness (QED) is 0.272. The van der Waals surface area contributed by atoms with Gasteiger partial charge in [0.15, 0.2) is 5.78 Å². The van der Waals surface area contributed by atoms with E-state index in [1.54, 1.807) is 6.08 Å². The van der Waals surface area contributed by atoms with E-state index in [1.807, 2.05) is 60.7 Å². The van der Waals surface area contributed by atoms with Crippen LogP contribution in [0.3, 0.4) is 0 Å². The molecule has 0 aliphatic heterocycles. The van der Waals surface area contributed by atoms with Gasteiger partial charge >= 0.3 is 0 Å². The average molecular weight is 336 g/mol. The van der Waals surface area contributed by atoms with Crippen LogP contribution in [-0.2, 0) is 0 Å². The third-order valence-corrected chi connectivity index (χ3v) is 4.13. The van der Waals surface area contributed by atoms with E-state index in [9.17, 15) is 4.79 Å². The summed E-state index contributed by atoms with van der Waals surface area (Å²) in [5.74, 6) is 0.837. The van der Waals surface area contributed by atoms with Crippen LogP contribution in [0.4, 0.5) is 0 Å². The standard InChI is InChI=1S/C23H28O2/c1-2-3-4-5-6-10-19-25-22-16-14-21(15-17-22)23(24)18-13-20-11-8-7-9-12-20/h7-9,11-18H,2-6,10,19H2,1H3/b18-13+. The Bertz CT molecular complexity index is 642. The predicted molar refractivity (Wildman–Crippen MR) is 105 cm³/mol. The van der Waals surface area contributed by atoms with E-state index in [4.69, 9.17) is 4.74 Å². The molecule has 0 saturated heterocycles. The number of carbonyl (C=O) groups excluding carboxylic acids is 1. The number of hydrogen-bond acceptors (Lipinski definition) is 2. The minimum absolute atomic E-state index is 0.00586. The number of allylic oxidation sites excluding steroid dienone is 1. The molecule has 0 amide bonds. The first kappa shape index (κ1) is 19.0. The van der Waals surface area contributed by atoms with E-state index in [2.05, 4.69) is 6.92 Å². The average Bonchev–Trinajstić information content (AvgIpc) is 2.67. The van der Waals surface area contributed by atoms with Crippen molar-refractivity contribution in [3.8, 4) is 5.75 Å². The number of benzene rings is 2. The molecule has 0 fully saturated rings. The van der Waals surface area contributed by atoms with Crippen LogP contribution in [0.5, 0.6) is 5.75 Å². The monoisotopic (exact) mass is 336 g/mol. The summed E-state index contributed by atoms with van der Waals surface area (Å²) in [4.78, 5) is 12.2. The van der Waals surface area contributed by atoms with Crippen LogP contribution < -0.4 is 4.74 Å². The molecule has 2 aromatic carbocycles. The van der Waals surface area contributed by atoms with Gasteiger partial charge in [-0.05, 0) is 42.3 Å². The molecule has 0 aliphatic rings. The first-order chi connectivity index (χ1) is 12.3. The van der Waals surface area contributed by atoms with E-state index in [1.165, 1.54) is 32.1 Å². The Hall–Kier alpha value is -2.35. The fraction of sp³-hybridized carbons (Fsp3) is 0.348. The zero-order valence-electron chi connectivity index (χ0n) is 15.1. The summed E-state index contributed by atoms with van der Waals surface area (Å²) in [6, 6.07) is 17.2. The maximum atomic E-state index is 12.2. The summed E-state index contributed by atoms with van der Waals surface area (Å²) >= 11 is 0. The number of ether oxygens (including phenoxy) is 1. The molecule has 0 bridgehead atoms. The Morgan fingerprint density at radius 3 is 2.28 bits per heavy atom. The van der Waals surface area contributed by atoms with Crippen molar-refractivity contribution in [2.24, 2.45) is 0 Å². The second-order valence-corrected chi connectivity index (χ2v) is 6.25. The van der Waals surface area contributed by atoms with Crippen LogP contribution in [0.15, 0.2) is 60.7 Å². The number of hydrogen-bond donors (Lipinski definition) is 0. The minimum Gasteiger partial charge on any atom is -0.494 e. The number of unbranched alkanes of at least 4 members (excludes halogenated alkanes) is 5. The zero-order chi connectivity index (χ0) is 17.7. The normalized spacial score (nSPS) is 10.9. The molecule has 0 spiro atoms. The lowest BCUT2D eigenvalue weighted by Crippen LogP contribution is -1.98. The molecule has 25 heavy (non-hydrogen) atoms. The molecule has 2 heteroatoms. The summed E-state index contributed by atoms with van der Waals surface area (Å²) in [6.45, 7) is 2.97. The number of rotatable bonds is 11. The van der Waals surface area contributed by atoms with Crippen LogP contribution in [0.1, 0.15) is 61.4 Å². The van der Waals surface area contributed by atoms with Crippen LogP contribution in [0.25, 0.3) is 6.08 Å². The predicted octanol–water partition coefficient (Wildman–Crippen LogP) is 6.32. The van der Waals surface area contributed by atoms with E-state index < -0.39 is 0 Å². The molecule has 0 N–H and O–H groups in total.